The van der Waals surface area contributed by atoms with Crippen molar-refractivity contribution < 1.29 is 9.59 Å². The number of nitrogens with zero attached hydrogens (tertiary/aromatic N) is 1. The van der Waals surface area contributed by atoms with Crippen LogP contribution in [0, 0.1) is 0 Å². The highest BCUT2D eigenvalue weighted by atomic mass is 16.2. The molecule has 3 unspecified atom stereocenters. The van der Waals surface area contributed by atoms with E-state index in [1.807, 2.05) is 0 Å². The van der Waals surface area contributed by atoms with Crippen molar-refractivity contribution in [1.82, 2.24) is 15.5 Å². The van der Waals surface area contributed by atoms with Gasteiger partial charge in [-0.3, -0.25) is 9.59 Å². The van der Waals surface area contributed by atoms with Crippen molar-refractivity contribution in [1.29, 1.82) is 0 Å². The van der Waals surface area contributed by atoms with Crippen LogP contribution >= 0.6 is 0 Å². The normalized spacial score (nSPS) is 33.3. The second-order valence-electron chi connectivity index (χ2n) is 5.57. The Morgan fingerprint density at radius 2 is 2.17 bits per heavy atom. The maximum atomic E-state index is 12.1. The summed E-state index contributed by atoms with van der Waals surface area (Å²) in [6.45, 7) is 2.75. The molecule has 2 fully saturated rings. The van der Waals surface area contributed by atoms with Gasteiger partial charge in [0.1, 0.15) is 0 Å². The van der Waals surface area contributed by atoms with Gasteiger partial charge in [0.05, 0.1) is 6.04 Å². The predicted molar refractivity (Wildman–Crippen MR) is 69.0 cm³/mol. The molecule has 0 aromatic heterocycles. The molecule has 2 N–H and O–H groups in total. The first kappa shape index (κ1) is 13.3. The van der Waals surface area contributed by atoms with Gasteiger partial charge >= 0.3 is 0 Å². The van der Waals surface area contributed by atoms with Crippen molar-refractivity contribution in [2.24, 2.45) is 0 Å². The third-order valence-corrected chi connectivity index (χ3v) is 3.91. The molecule has 2 aliphatic heterocycles. The Morgan fingerprint density at radius 1 is 1.39 bits per heavy atom. The molecule has 18 heavy (non-hydrogen) atoms. The molecular weight excluding hydrogens is 230 g/mol. The zero-order valence-corrected chi connectivity index (χ0v) is 11.2. The Balaban J connectivity index is 1.82. The Morgan fingerprint density at radius 3 is 2.83 bits per heavy atom. The molecule has 0 aromatic rings. The van der Waals surface area contributed by atoms with Crippen LogP contribution in [-0.4, -0.2) is 48.4 Å². The van der Waals surface area contributed by atoms with Crippen LogP contribution in [0.5, 0.6) is 0 Å². The SMILES string of the molecule is CC1CCCC(C(=O)NC2CCC(=O)N(C)C2)N1. The van der Waals surface area contributed by atoms with Crippen LogP contribution < -0.4 is 10.6 Å². The van der Waals surface area contributed by atoms with Gasteiger partial charge in [-0.15, -0.1) is 0 Å². The number of amides is 2. The number of hydrogen-bond donors (Lipinski definition) is 2. The molecule has 0 aromatic carbocycles. The van der Waals surface area contributed by atoms with Gasteiger partial charge in [-0.25, -0.2) is 0 Å². The third kappa shape index (κ3) is 3.22. The molecule has 5 heteroatoms. The summed E-state index contributed by atoms with van der Waals surface area (Å²) < 4.78 is 0. The van der Waals surface area contributed by atoms with E-state index in [2.05, 4.69) is 17.6 Å². The first-order valence-electron chi connectivity index (χ1n) is 6.86. The lowest BCUT2D eigenvalue weighted by atomic mass is 9.98. The molecule has 2 amide bonds. The van der Waals surface area contributed by atoms with Gasteiger partial charge in [-0.2, -0.15) is 0 Å². The van der Waals surface area contributed by atoms with Gasteiger partial charge in [0, 0.05) is 32.1 Å². The number of likely N-dealkylation sites (N-methyl/N-ethyl adjacent to an activating group) is 1. The predicted octanol–water partition coefficient (Wildman–Crippen LogP) is 0.254. The molecule has 0 spiro atoms. The summed E-state index contributed by atoms with van der Waals surface area (Å²) in [5, 5.41) is 6.40. The van der Waals surface area contributed by atoms with E-state index >= 15 is 0 Å². The lowest BCUT2D eigenvalue weighted by Crippen LogP contribution is -2.55. The average Bonchev–Trinajstić information content (AvgIpc) is 2.34. The topological polar surface area (TPSA) is 61.4 Å². The van der Waals surface area contributed by atoms with E-state index in [0.29, 0.717) is 19.0 Å². The summed E-state index contributed by atoms with van der Waals surface area (Å²) in [7, 11) is 1.79. The first-order chi connectivity index (χ1) is 8.56. The van der Waals surface area contributed by atoms with Crippen LogP contribution in [0.15, 0.2) is 0 Å². The number of likely N-dealkylation sites (tertiary alicyclic amines) is 1. The minimum absolute atomic E-state index is 0.0586. The highest BCUT2D eigenvalue weighted by Gasteiger charge is 2.28. The van der Waals surface area contributed by atoms with E-state index < -0.39 is 0 Å². The number of piperidine rings is 2. The van der Waals surface area contributed by atoms with Gasteiger partial charge < -0.3 is 15.5 Å². The fraction of sp³-hybridized carbons (Fsp3) is 0.846. The summed E-state index contributed by atoms with van der Waals surface area (Å²) in [5.74, 6) is 0.263. The smallest absolute Gasteiger partial charge is 0.237 e. The maximum Gasteiger partial charge on any atom is 0.237 e. The Bertz CT molecular complexity index is 332. The lowest BCUT2D eigenvalue weighted by Gasteiger charge is -2.33. The largest absolute Gasteiger partial charge is 0.350 e. The van der Waals surface area contributed by atoms with Gasteiger partial charge in [0.15, 0.2) is 0 Å². The van der Waals surface area contributed by atoms with Crippen molar-refractivity contribution in [3.63, 3.8) is 0 Å². The second-order valence-corrected chi connectivity index (χ2v) is 5.57. The van der Waals surface area contributed by atoms with Gasteiger partial charge in [-0.1, -0.05) is 0 Å². The summed E-state index contributed by atoms with van der Waals surface area (Å²) in [6, 6.07) is 0.473. The van der Waals surface area contributed by atoms with Crippen LogP contribution in [0.2, 0.25) is 0 Å². The van der Waals surface area contributed by atoms with Gasteiger partial charge in [0.2, 0.25) is 11.8 Å². The molecule has 2 saturated heterocycles. The van der Waals surface area contributed by atoms with Crippen LogP contribution in [-0.2, 0) is 9.59 Å². The summed E-state index contributed by atoms with van der Waals surface area (Å²) in [6.07, 6.45) is 4.46. The van der Waals surface area contributed by atoms with E-state index in [9.17, 15) is 9.59 Å². The summed E-state index contributed by atoms with van der Waals surface area (Å²) in [4.78, 5) is 25.2. The lowest BCUT2D eigenvalue weighted by molar-refractivity contribution is -0.134. The molecule has 2 rings (SSSR count). The quantitative estimate of drug-likeness (QED) is 0.742. The van der Waals surface area contributed by atoms with Crippen LogP contribution in [0.4, 0.5) is 0 Å². The zero-order valence-electron chi connectivity index (χ0n) is 11.2. The molecular formula is C13H23N3O2. The first-order valence-corrected chi connectivity index (χ1v) is 6.86. The molecule has 3 atom stereocenters. The average molecular weight is 253 g/mol. The minimum Gasteiger partial charge on any atom is -0.350 e. The molecule has 2 heterocycles. The van der Waals surface area contributed by atoms with E-state index in [1.165, 1.54) is 0 Å². The minimum atomic E-state index is -0.0586. The molecule has 0 bridgehead atoms. The van der Waals surface area contributed by atoms with Crippen LogP contribution in [0.1, 0.15) is 39.0 Å². The van der Waals surface area contributed by atoms with Crippen molar-refractivity contribution in [3.05, 3.63) is 0 Å². The van der Waals surface area contributed by atoms with Gasteiger partial charge in [0.25, 0.3) is 0 Å². The molecule has 0 radical (unpaired) electrons. The highest BCUT2D eigenvalue weighted by molar-refractivity contribution is 5.83. The zero-order chi connectivity index (χ0) is 13.1. The number of carbonyl (C=O) groups excluding carboxylic acids is 2. The highest BCUT2D eigenvalue weighted by Crippen LogP contribution is 2.14. The van der Waals surface area contributed by atoms with E-state index in [4.69, 9.17) is 0 Å². The molecule has 2 aliphatic rings. The Hall–Kier alpha value is -1.10. The Labute approximate surface area is 108 Å². The number of rotatable bonds is 2. The number of nitrogens with one attached hydrogen (secondary N) is 2. The fourth-order valence-corrected chi connectivity index (χ4v) is 2.78. The number of carbonyl (C=O) groups is 2. The molecule has 0 aliphatic carbocycles. The van der Waals surface area contributed by atoms with E-state index in [1.54, 1.807) is 11.9 Å². The van der Waals surface area contributed by atoms with Crippen LogP contribution in [0.3, 0.4) is 0 Å². The van der Waals surface area contributed by atoms with E-state index in [-0.39, 0.29) is 23.9 Å². The van der Waals surface area contributed by atoms with Crippen molar-refractivity contribution in [2.75, 3.05) is 13.6 Å². The molecule has 5 nitrogen and oxygen atoms in total. The van der Waals surface area contributed by atoms with Crippen LogP contribution in [0.25, 0.3) is 0 Å². The van der Waals surface area contributed by atoms with Gasteiger partial charge in [-0.05, 0) is 32.6 Å². The summed E-state index contributed by atoms with van der Waals surface area (Å²) >= 11 is 0. The Kier molecular flexibility index (Phi) is 4.22. The monoisotopic (exact) mass is 253 g/mol. The molecule has 0 saturated carbocycles. The standard InChI is InChI=1S/C13H23N3O2/c1-9-4-3-5-11(14-9)13(18)15-10-6-7-12(17)16(2)8-10/h9-11,14H,3-8H2,1-2H3,(H,15,18). The molecule has 102 valence electrons. The second kappa shape index (κ2) is 5.69. The van der Waals surface area contributed by atoms with Crippen molar-refractivity contribution in [3.8, 4) is 0 Å². The van der Waals surface area contributed by atoms with Crippen molar-refractivity contribution in [2.45, 2.75) is 57.2 Å². The van der Waals surface area contributed by atoms with Crippen molar-refractivity contribution >= 4 is 11.8 Å². The fourth-order valence-electron chi connectivity index (χ4n) is 2.78. The summed E-state index contributed by atoms with van der Waals surface area (Å²) in [5.41, 5.74) is 0. The van der Waals surface area contributed by atoms with E-state index in [0.717, 1.165) is 25.7 Å². The number of hydrogen-bond acceptors (Lipinski definition) is 3. The maximum absolute atomic E-state index is 12.1. The third-order valence-electron chi connectivity index (χ3n) is 3.91.